The minimum absolute atomic E-state index is 0.00859. The molecular weight excluding hydrogens is 536 g/mol. The predicted octanol–water partition coefficient (Wildman–Crippen LogP) is 4.72. The van der Waals surface area contributed by atoms with Crippen LogP contribution in [0.25, 0.3) is 0 Å². The topological polar surface area (TPSA) is 87.2 Å². The van der Waals surface area contributed by atoms with Gasteiger partial charge in [-0.1, -0.05) is 63.1 Å². The Kier molecular flexibility index (Phi) is 9.19. The first-order valence-electron chi connectivity index (χ1n) is 13.7. The molecule has 1 aromatic rings. The van der Waals surface area contributed by atoms with Crippen LogP contribution in [0.4, 0.5) is 5.69 Å². The van der Waals surface area contributed by atoms with E-state index in [4.69, 9.17) is 16.3 Å². The zero-order chi connectivity index (χ0) is 28.5. The van der Waals surface area contributed by atoms with Gasteiger partial charge < -0.3 is 19.6 Å². The van der Waals surface area contributed by atoms with Crippen LogP contribution in [0.5, 0.6) is 0 Å². The van der Waals surface area contributed by atoms with E-state index in [9.17, 15) is 19.5 Å². The maximum Gasteiger partial charge on any atom is 0.310 e. The summed E-state index contributed by atoms with van der Waals surface area (Å²) < 4.78 is 4.76. The number of hydrogen-bond donors (Lipinski definition) is 1. The Bertz CT molecular complexity index is 1130. The van der Waals surface area contributed by atoms with Crippen LogP contribution in [-0.2, 0) is 19.1 Å². The molecule has 212 valence electrons. The summed E-state index contributed by atoms with van der Waals surface area (Å²) in [5.41, 5.74) is 0.533. The highest BCUT2D eigenvalue weighted by atomic mass is 35.5. The number of fused-ring (bicyclic) bond motifs is 1. The molecule has 2 bridgehead atoms. The number of carbonyl (C=O) groups is 3. The fourth-order valence-corrected chi connectivity index (χ4v) is 9.40. The molecule has 3 aliphatic heterocycles. The summed E-state index contributed by atoms with van der Waals surface area (Å²) >= 11 is 8.14. The number of amides is 2. The van der Waals surface area contributed by atoms with E-state index < -0.39 is 34.6 Å². The number of ether oxygens (including phenoxy) is 1. The first kappa shape index (κ1) is 29.7. The lowest BCUT2D eigenvalue weighted by Crippen LogP contribution is -2.60. The normalized spacial score (nSPS) is 30.5. The van der Waals surface area contributed by atoms with Crippen LogP contribution in [0.15, 0.2) is 49.6 Å². The van der Waals surface area contributed by atoms with E-state index in [-0.39, 0.29) is 48.7 Å². The summed E-state index contributed by atoms with van der Waals surface area (Å²) in [4.78, 5) is 45.8. The summed E-state index contributed by atoms with van der Waals surface area (Å²) in [6.07, 6.45) is 5.27. The largest absolute Gasteiger partial charge is 0.465 e. The lowest BCUT2D eigenvalue weighted by atomic mass is 9.66. The SMILES string of the molecule is C=CCCOC(=O)[C@@H]1[C@@H]2CC(C)C3(S2)C(C(=O)N(CC=C)c2ccccc2Cl)N([C@@H](CO)[C@@H](C)CC)C(=O)[C@H]13. The zero-order valence-electron chi connectivity index (χ0n) is 22.9. The lowest BCUT2D eigenvalue weighted by molar-refractivity contribution is -0.155. The Morgan fingerprint density at radius 2 is 2.05 bits per heavy atom. The van der Waals surface area contributed by atoms with E-state index in [0.29, 0.717) is 30.0 Å². The van der Waals surface area contributed by atoms with E-state index in [1.54, 1.807) is 51.9 Å². The molecular formula is C30H39ClN2O5S. The van der Waals surface area contributed by atoms with Crippen molar-refractivity contribution >= 4 is 46.8 Å². The third-order valence-electron chi connectivity index (χ3n) is 8.82. The van der Waals surface area contributed by atoms with Crippen LogP contribution >= 0.6 is 23.4 Å². The van der Waals surface area contributed by atoms with Crippen molar-refractivity contribution in [1.82, 2.24) is 4.90 Å². The molecule has 1 aromatic carbocycles. The van der Waals surface area contributed by atoms with E-state index >= 15 is 0 Å². The molecule has 39 heavy (non-hydrogen) atoms. The molecule has 4 rings (SSSR count). The third-order valence-corrected chi connectivity index (χ3v) is 11.2. The third kappa shape index (κ3) is 4.82. The summed E-state index contributed by atoms with van der Waals surface area (Å²) in [6.45, 7) is 13.7. The summed E-state index contributed by atoms with van der Waals surface area (Å²) in [5.74, 6) is -2.35. The number of nitrogens with zero attached hydrogens (tertiary/aromatic N) is 2. The minimum Gasteiger partial charge on any atom is -0.465 e. The molecule has 0 radical (unpaired) electrons. The Morgan fingerprint density at radius 1 is 1.33 bits per heavy atom. The molecule has 3 fully saturated rings. The van der Waals surface area contributed by atoms with Crippen molar-refractivity contribution in [3.8, 4) is 0 Å². The Labute approximate surface area is 240 Å². The Morgan fingerprint density at radius 3 is 2.67 bits per heavy atom. The van der Waals surface area contributed by atoms with Gasteiger partial charge in [-0.25, -0.2) is 0 Å². The van der Waals surface area contributed by atoms with E-state index in [1.165, 1.54) is 0 Å². The van der Waals surface area contributed by atoms with Crippen molar-refractivity contribution in [3.63, 3.8) is 0 Å². The average Bonchev–Trinajstić information content (AvgIpc) is 3.52. The lowest BCUT2D eigenvalue weighted by Gasteiger charge is -2.43. The van der Waals surface area contributed by atoms with Gasteiger partial charge in [-0.15, -0.1) is 24.9 Å². The molecule has 3 aliphatic rings. The number of benzene rings is 1. The van der Waals surface area contributed by atoms with Crippen molar-refractivity contribution in [2.45, 2.75) is 62.1 Å². The van der Waals surface area contributed by atoms with Crippen molar-refractivity contribution in [3.05, 3.63) is 54.6 Å². The highest BCUT2D eigenvalue weighted by molar-refractivity contribution is 8.02. The maximum absolute atomic E-state index is 14.7. The van der Waals surface area contributed by atoms with Gasteiger partial charge in [0.1, 0.15) is 6.04 Å². The summed E-state index contributed by atoms with van der Waals surface area (Å²) in [7, 11) is 0. The fraction of sp³-hybridized carbons (Fsp3) is 0.567. The maximum atomic E-state index is 14.7. The van der Waals surface area contributed by atoms with Gasteiger partial charge in [-0.2, -0.15) is 0 Å². The van der Waals surface area contributed by atoms with Crippen molar-refractivity contribution < 1.29 is 24.2 Å². The molecule has 7 nitrogen and oxygen atoms in total. The predicted molar refractivity (Wildman–Crippen MR) is 156 cm³/mol. The van der Waals surface area contributed by atoms with Gasteiger partial charge in [0.15, 0.2) is 0 Å². The number of rotatable bonds is 12. The fourth-order valence-electron chi connectivity index (χ4n) is 6.77. The highest BCUT2D eigenvalue weighted by Gasteiger charge is 2.77. The van der Waals surface area contributed by atoms with Crippen LogP contribution in [-0.4, -0.2) is 69.6 Å². The van der Waals surface area contributed by atoms with Gasteiger partial charge in [-0.05, 0) is 36.8 Å². The molecule has 3 heterocycles. The molecule has 1 N–H and O–H groups in total. The number of esters is 1. The van der Waals surface area contributed by atoms with Gasteiger partial charge in [-0.3, -0.25) is 14.4 Å². The number of carbonyl (C=O) groups excluding carboxylic acids is 3. The van der Waals surface area contributed by atoms with Crippen LogP contribution < -0.4 is 4.90 Å². The number of thioether (sulfide) groups is 1. The molecule has 9 heteroatoms. The smallest absolute Gasteiger partial charge is 0.310 e. The van der Waals surface area contributed by atoms with E-state index in [2.05, 4.69) is 20.1 Å². The molecule has 0 aliphatic carbocycles. The summed E-state index contributed by atoms with van der Waals surface area (Å²) in [6, 6.07) is 5.66. The van der Waals surface area contributed by atoms with E-state index in [1.807, 2.05) is 19.9 Å². The number of hydrogen-bond acceptors (Lipinski definition) is 6. The Hall–Kier alpha value is -2.29. The quantitative estimate of drug-likeness (QED) is 0.221. The monoisotopic (exact) mass is 574 g/mol. The molecule has 2 amide bonds. The van der Waals surface area contributed by atoms with Gasteiger partial charge >= 0.3 is 5.97 Å². The number of aliphatic hydroxyl groups is 1. The van der Waals surface area contributed by atoms with Crippen LogP contribution in [0.3, 0.4) is 0 Å². The second kappa shape index (κ2) is 12.1. The molecule has 0 saturated carbocycles. The van der Waals surface area contributed by atoms with Crippen molar-refractivity contribution in [2.75, 3.05) is 24.7 Å². The molecule has 3 saturated heterocycles. The van der Waals surface area contributed by atoms with Crippen molar-refractivity contribution in [2.24, 2.45) is 23.7 Å². The van der Waals surface area contributed by atoms with Gasteiger partial charge in [0.2, 0.25) is 5.91 Å². The number of likely N-dealkylation sites (tertiary alicyclic amines) is 1. The van der Waals surface area contributed by atoms with Gasteiger partial charge in [0, 0.05) is 11.8 Å². The second-order valence-corrected chi connectivity index (χ2v) is 12.8. The molecule has 3 unspecified atom stereocenters. The second-order valence-electron chi connectivity index (χ2n) is 10.9. The highest BCUT2D eigenvalue weighted by Crippen LogP contribution is 2.69. The van der Waals surface area contributed by atoms with Gasteiger partial charge in [0.05, 0.1) is 46.5 Å². The zero-order valence-corrected chi connectivity index (χ0v) is 24.5. The van der Waals surface area contributed by atoms with Crippen LogP contribution in [0.2, 0.25) is 5.02 Å². The number of para-hydroxylation sites is 1. The minimum atomic E-state index is -0.881. The number of aliphatic hydroxyl groups excluding tert-OH is 1. The molecule has 1 spiro atoms. The first-order valence-corrected chi connectivity index (χ1v) is 15.0. The molecule has 0 aromatic heterocycles. The standard InChI is InChI=1S/C30H39ClN2O5S/c1-6-9-15-38-29(37)24-23-16-19(5)30(39-23)25(24)27(35)33(22(17-34)18(4)8-3)26(30)28(36)32(14-7-2)21-13-11-10-12-20(21)31/h6-7,10-13,18-19,22-26,34H,1-2,8-9,14-17H2,3-5H3/t18-,19?,22-,23-,24+,25-,26?,30?/m0/s1. The van der Waals surface area contributed by atoms with E-state index in [0.717, 1.165) is 0 Å². The Balaban J connectivity index is 1.85. The van der Waals surface area contributed by atoms with Crippen LogP contribution in [0, 0.1) is 23.7 Å². The van der Waals surface area contributed by atoms with Crippen LogP contribution in [0.1, 0.15) is 40.0 Å². The average molecular weight is 575 g/mol. The molecule has 8 atom stereocenters. The summed E-state index contributed by atoms with van der Waals surface area (Å²) in [5, 5.41) is 10.9. The first-order chi connectivity index (χ1) is 18.7. The van der Waals surface area contributed by atoms with Gasteiger partial charge in [0.25, 0.3) is 5.91 Å². The number of anilines is 1. The number of halogens is 1. The van der Waals surface area contributed by atoms with Crippen molar-refractivity contribution in [1.29, 1.82) is 0 Å².